The molecule has 1 aromatic carbocycles. The second-order valence-corrected chi connectivity index (χ2v) is 5.00. The van der Waals surface area contributed by atoms with Crippen LogP contribution in [0, 0.1) is 0 Å². The van der Waals surface area contributed by atoms with Gasteiger partial charge in [-0.1, -0.05) is 13.0 Å². The molecule has 5 heteroatoms. The number of hydrogen-bond donors (Lipinski definition) is 2. The average Bonchev–Trinajstić information content (AvgIpc) is 2.48. The van der Waals surface area contributed by atoms with Gasteiger partial charge in [-0.2, -0.15) is 0 Å². The van der Waals surface area contributed by atoms with Gasteiger partial charge in [-0.25, -0.2) is 9.97 Å². The van der Waals surface area contributed by atoms with E-state index in [-0.39, 0.29) is 0 Å². The Hall–Kier alpha value is -2.30. The first kappa shape index (κ1) is 15.1. The third kappa shape index (κ3) is 3.62. The number of nitrogens with one attached hydrogen (secondary N) is 2. The summed E-state index contributed by atoms with van der Waals surface area (Å²) >= 11 is 0. The lowest BCUT2D eigenvalue weighted by Gasteiger charge is -2.16. The predicted octanol–water partition coefficient (Wildman–Crippen LogP) is 3.28. The van der Waals surface area contributed by atoms with Crippen molar-refractivity contribution >= 4 is 23.0 Å². The Labute approximate surface area is 126 Å². The van der Waals surface area contributed by atoms with E-state index in [0.29, 0.717) is 0 Å². The fourth-order valence-corrected chi connectivity index (χ4v) is 2.17. The molecule has 0 atom stereocenters. The summed E-state index contributed by atoms with van der Waals surface area (Å²) < 4.78 is 0. The largest absolute Gasteiger partial charge is 0.378 e. The van der Waals surface area contributed by atoms with E-state index >= 15 is 0 Å². The summed E-state index contributed by atoms with van der Waals surface area (Å²) in [5.74, 6) is 1.76. The molecule has 1 heterocycles. The van der Waals surface area contributed by atoms with E-state index in [4.69, 9.17) is 0 Å². The van der Waals surface area contributed by atoms with Crippen molar-refractivity contribution in [1.82, 2.24) is 9.97 Å². The van der Waals surface area contributed by atoms with Gasteiger partial charge >= 0.3 is 0 Å². The van der Waals surface area contributed by atoms with Crippen LogP contribution in [0.1, 0.15) is 19.4 Å². The van der Waals surface area contributed by atoms with E-state index in [1.54, 1.807) is 6.33 Å². The minimum atomic E-state index is 0.847. The molecule has 112 valence electrons. The van der Waals surface area contributed by atoms with Crippen molar-refractivity contribution < 1.29 is 0 Å². The highest BCUT2D eigenvalue weighted by atomic mass is 15.1. The van der Waals surface area contributed by atoms with Crippen LogP contribution in [0.3, 0.4) is 0 Å². The number of nitrogens with zero attached hydrogens (tertiary/aromatic N) is 3. The summed E-state index contributed by atoms with van der Waals surface area (Å²) in [5, 5.41) is 6.68. The number of hydrogen-bond acceptors (Lipinski definition) is 5. The van der Waals surface area contributed by atoms with Gasteiger partial charge in [-0.3, -0.25) is 0 Å². The highest BCUT2D eigenvalue weighted by Gasteiger charge is 2.09. The molecular formula is C16H23N5. The highest BCUT2D eigenvalue weighted by molar-refractivity contribution is 5.67. The van der Waals surface area contributed by atoms with Crippen LogP contribution in [0.5, 0.6) is 0 Å². The first-order valence-corrected chi connectivity index (χ1v) is 7.27. The number of aromatic nitrogens is 2. The van der Waals surface area contributed by atoms with Gasteiger partial charge < -0.3 is 15.5 Å². The molecule has 0 saturated heterocycles. The topological polar surface area (TPSA) is 53.1 Å². The molecule has 2 rings (SSSR count). The molecule has 5 nitrogen and oxygen atoms in total. The predicted molar refractivity (Wildman–Crippen MR) is 89.6 cm³/mol. The van der Waals surface area contributed by atoms with Crippen molar-refractivity contribution in [3.63, 3.8) is 0 Å². The van der Waals surface area contributed by atoms with Gasteiger partial charge in [0.25, 0.3) is 0 Å². The summed E-state index contributed by atoms with van der Waals surface area (Å²) in [6.45, 7) is 5.02. The first-order chi connectivity index (χ1) is 10.2. The molecule has 0 radical (unpaired) electrons. The molecule has 0 aliphatic carbocycles. The van der Waals surface area contributed by atoms with E-state index in [9.17, 15) is 0 Å². The third-order valence-corrected chi connectivity index (χ3v) is 3.27. The molecule has 0 spiro atoms. The lowest BCUT2D eigenvalue weighted by molar-refractivity contribution is 1.03. The molecule has 2 aromatic rings. The summed E-state index contributed by atoms with van der Waals surface area (Å²) in [7, 11) is 4.06. The van der Waals surface area contributed by atoms with E-state index < -0.39 is 0 Å². The fourth-order valence-electron chi connectivity index (χ4n) is 2.17. The number of benzene rings is 1. The van der Waals surface area contributed by atoms with Gasteiger partial charge in [0.05, 0.1) is 0 Å². The van der Waals surface area contributed by atoms with Crippen LogP contribution in [0.15, 0.2) is 30.6 Å². The lowest BCUT2D eigenvalue weighted by atomic mass is 10.2. The molecule has 0 aliphatic rings. The molecular weight excluding hydrogens is 262 g/mol. The zero-order chi connectivity index (χ0) is 15.2. The maximum Gasteiger partial charge on any atom is 0.139 e. The highest BCUT2D eigenvalue weighted by Crippen LogP contribution is 2.25. The van der Waals surface area contributed by atoms with Gasteiger partial charge in [-0.15, -0.1) is 0 Å². The van der Waals surface area contributed by atoms with Crippen molar-refractivity contribution in [3.8, 4) is 0 Å². The number of anilines is 4. The Morgan fingerprint density at radius 1 is 1.10 bits per heavy atom. The smallest absolute Gasteiger partial charge is 0.139 e. The Bertz CT molecular complexity index is 595. The average molecular weight is 285 g/mol. The zero-order valence-corrected chi connectivity index (χ0v) is 13.1. The van der Waals surface area contributed by atoms with Gasteiger partial charge in [0.1, 0.15) is 18.0 Å². The molecule has 0 amide bonds. The van der Waals surface area contributed by atoms with Gasteiger partial charge in [0.15, 0.2) is 0 Å². The summed E-state index contributed by atoms with van der Waals surface area (Å²) in [5.41, 5.74) is 3.28. The van der Waals surface area contributed by atoms with E-state index in [2.05, 4.69) is 51.5 Å². The van der Waals surface area contributed by atoms with Gasteiger partial charge in [-0.05, 0) is 31.5 Å². The maximum atomic E-state index is 4.39. The molecule has 0 bridgehead atoms. The summed E-state index contributed by atoms with van der Waals surface area (Å²) in [4.78, 5) is 10.8. The molecule has 1 aromatic heterocycles. The summed E-state index contributed by atoms with van der Waals surface area (Å²) in [6, 6.07) is 8.27. The SMILES string of the molecule is CCNc1ncnc(Nc2cccc(N(C)C)c2)c1CC. The zero-order valence-electron chi connectivity index (χ0n) is 13.1. The van der Waals surface area contributed by atoms with Crippen molar-refractivity contribution in [2.24, 2.45) is 0 Å². The van der Waals surface area contributed by atoms with Crippen molar-refractivity contribution in [3.05, 3.63) is 36.2 Å². The minimum Gasteiger partial charge on any atom is -0.378 e. The van der Waals surface area contributed by atoms with Crippen LogP contribution in [0.25, 0.3) is 0 Å². The van der Waals surface area contributed by atoms with Crippen LogP contribution in [-0.2, 0) is 6.42 Å². The standard InChI is InChI=1S/C16H23N5/c1-5-14-15(17-6-2)18-11-19-16(14)20-12-8-7-9-13(10-12)21(3)4/h7-11H,5-6H2,1-4H3,(H2,17,18,19,20). The van der Waals surface area contributed by atoms with E-state index in [1.165, 1.54) is 0 Å². The maximum absolute atomic E-state index is 4.39. The Balaban J connectivity index is 2.30. The molecule has 0 fully saturated rings. The van der Waals surface area contributed by atoms with Crippen molar-refractivity contribution in [2.45, 2.75) is 20.3 Å². The third-order valence-electron chi connectivity index (χ3n) is 3.27. The first-order valence-electron chi connectivity index (χ1n) is 7.27. The second-order valence-electron chi connectivity index (χ2n) is 5.00. The van der Waals surface area contributed by atoms with Crippen LogP contribution in [-0.4, -0.2) is 30.6 Å². The molecule has 2 N–H and O–H groups in total. The van der Waals surface area contributed by atoms with Crippen molar-refractivity contribution in [2.75, 3.05) is 36.2 Å². The molecule has 0 aliphatic heterocycles. The van der Waals surface area contributed by atoms with E-state index in [1.807, 2.05) is 26.2 Å². The van der Waals surface area contributed by atoms with Crippen LogP contribution in [0.2, 0.25) is 0 Å². The van der Waals surface area contributed by atoms with Crippen molar-refractivity contribution in [1.29, 1.82) is 0 Å². The Morgan fingerprint density at radius 3 is 2.52 bits per heavy atom. The van der Waals surface area contributed by atoms with Crippen LogP contribution >= 0.6 is 0 Å². The Kier molecular flexibility index (Phi) is 4.98. The summed E-state index contributed by atoms with van der Waals surface area (Å²) in [6.07, 6.45) is 2.47. The Morgan fingerprint density at radius 2 is 1.86 bits per heavy atom. The number of rotatable bonds is 6. The van der Waals surface area contributed by atoms with Crippen LogP contribution < -0.4 is 15.5 Å². The molecule has 0 saturated carbocycles. The normalized spacial score (nSPS) is 10.3. The monoisotopic (exact) mass is 285 g/mol. The quantitative estimate of drug-likeness (QED) is 0.853. The molecule has 0 unspecified atom stereocenters. The van der Waals surface area contributed by atoms with Crippen LogP contribution in [0.4, 0.5) is 23.0 Å². The lowest BCUT2D eigenvalue weighted by Crippen LogP contribution is -2.09. The van der Waals surface area contributed by atoms with Gasteiger partial charge in [0.2, 0.25) is 0 Å². The second kappa shape index (κ2) is 6.92. The fraction of sp³-hybridized carbons (Fsp3) is 0.375. The van der Waals surface area contributed by atoms with Gasteiger partial charge in [0, 0.05) is 37.6 Å². The minimum absolute atomic E-state index is 0.847. The van der Waals surface area contributed by atoms with E-state index in [0.717, 1.165) is 41.5 Å². The molecule has 21 heavy (non-hydrogen) atoms.